The maximum absolute atomic E-state index is 12.4. The second kappa shape index (κ2) is 4.92. The molecular formula is C13H16N2O3S. The number of amides is 1. The van der Waals surface area contributed by atoms with Gasteiger partial charge in [-0.1, -0.05) is 0 Å². The molecule has 3 aliphatic carbocycles. The monoisotopic (exact) mass is 280 g/mol. The van der Waals surface area contributed by atoms with Gasteiger partial charge in [0, 0.05) is 11.6 Å². The van der Waals surface area contributed by atoms with E-state index < -0.39 is 17.8 Å². The third kappa shape index (κ3) is 2.25. The van der Waals surface area contributed by atoms with Crippen LogP contribution in [0.2, 0.25) is 0 Å². The average molecular weight is 280 g/mol. The molecule has 19 heavy (non-hydrogen) atoms. The number of carboxylic acids is 1. The number of rotatable bonds is 3. The summed E-state index contributed by atoms with van der Waals surface area (Å²) in [5.74, 6) is -1.53. The van der Waals surface area contributed by atoms with Crippen molar-refractivity contribution in [3.63, 3.8) is 0 Å². The lowest BCUT2D eigenvalue weighted by Crippen LogP contribution is -2.49. The number of carbonyl (C=O) groups is 2. The predicted octanol–water partition coefficient (Wildman–Crippen LogP) is 2.22. The van der Waals surface area contributed by atoms with Crippen LogP contribution in [-0.2, 0) is 9.59 Å². The Hall–Kier alpha value is -1.43. The molecule has 2 atom stereocenters. The third-order valence-electron chi connectivity index (χ3n) is 4.47. The number of aromatic nitrogens is 1. The van der Waals surface area contributed by atoms with Crippen LogP contribution in [0.1, 0.15) is 25.7 Å². The summed E-state index contributed by atoms with van der Waals surface area (Å²) in [6, 6.07) is 0. The van der Waals surface area contributed by atoms with E-state index in [0.29, 0.717) is 5.13 Å². The fraction of sp³-hybridized carbons (Fsp3) is 0.615. The zero-order valence-corrected chi connectivity index (χ0v) is 11.2. The maximum atomic E-state index is 12.4. The molecule has 1 amide bonds. The fourth-order valence-corrected chi connectivity index (χ4v) is 4.19. The second-order valence-electron chi connectivity index (χ2n) is 5.39. The lowest BCUT2D eigenvalue weighted by molar-refractivity contribution is -0.156. The molecule has 1 aromatic rings. The molecule has 2 N–H and O–H groups in total. The summed E-state index contributed by atoms with van der Waals surface area (Å²) in [5, 5.41) is 14.5. The Balaban J connectivity index is 1.80. The lowest BCUT2D eigenvalue weighted by Gasteiger charge is -2.45. The smallest absolute Gasteiger partial charge is 0.307 e. The van der Waals surface area contributed by atoms with Gasteiger partial charge in [0.1, 0.15) is 0 Å². The minimum absolute atomic E-state index is 0.162. The number of carboxylic acid groups (broad SMARTS) is 1. The normalized spacial score (nSPS) is 33.1. The minimum atomic E-state index is -0.825. The van der Waals surface area contributed by atoms with Crippen molar-refractivity contribution in [1.29, 1.82) is 0 Å². The first kappa shape index (κ1) is 12.6. The van der Waals surface area contributed by atoms with Crippen LogP contribution < -0.4 is 5.32 Å². The van der Waals surface area contributed by atoms with Crippen LogP contribution in [0.4, 0.5) is 5.13 Å². The van der Waals surface area contributed by atoms with E-state index in [1.807, 2.05) is 0 Å². The van der Waals surface area contributed by atoms with E-state index >= 15 is 0 Å². The van der Waals surface area contributed by atoms with E-state index in [9.17, 15) is 14.7 Å². The SMILES string of the molecule is O=C(O)[C@H]1C2CCC(CC2)[C@@H]1C(=O)Nc1nccs1. The number of carbonyl (C=O) groups excluding carboxylic acids is 1. The van der Waals surface area contributed by atoms with Crippen LogP contribution in [0.5, 0.6) is 0 Å². The largest absolute Gasteiger partial charge is 0.481 e. The number of nitrogens with one attached hydrogen (secondary N) is 1. The highest BCUT2D eigenvalue weighted by Gasteiger charge is 2.50. The van der Waals surface area contributed by atoms with E-state index in [2.05, 4.69) is 10.3 Å². The molecule has 3 aliphatic rings. The maximum Gasteiger partial charge on any atom is 0.307 e. The number of hydrogen-bond donors (Lipinski definition) is 2. The van der Waals surface area contributed by atoms with Gasteiger partial charge in [-0.25, -0.2) is 4.98 Å². The van der Waals surface area contributed by atoms with Crippen LogP contribution in [0, 0.1) is 23.7 Å². The molecule has 1 heterocycles. The summed E-state index contributed by atoms with van der Waals surface area (Å²) < 4.78 is 0. The molecule has 0 radical (unpaired) electrons. The molecule has 2 bridgehead atoms. The fourth-order valence-electron chi connectivity index (χ4n) is 3.66. The summed E-state index contributed by atoms with van der Waals surface area (Å²) in [6.45, 7) is 0. The van der Waals surface area contributed by atoms with Crippen LogP contribution in [0.3, 0.4) is 0 Å². The van der Waals surface area contributed by atoms with Gasteiger partial charge in [0.15, 0.2) is 5.13 Å². The molecular weight excluding hydrogens is 264 g/mol. The summed E-state index contributed by atoms with van der Waals surface area (Å²) in [6.07, 6.45) is 5.47. The van der Waals surface area contributed by atoms with Gasteiger partial charge in [-0.05, 0) is 37.5 Å². The van der Waals surface area contributed by atoms with Gasteiger partial charge in [-0.3, -0.25) is 9.59 Å². The Morgan fingerprint density at radius 3 is 2.37 bits per heavy atom. The zero-order chi connectivity index (χ0) is 13.4. The average Bonchev–Trinajstić information content (AvgIpc) is 2.91. The van der Waals surface area contributed by atoms with E-state index in [-0.39, 0.29) is 17.7 Å². The van der Waals surface area contributed by atoms with Gasteiger partial charge in [0.2, 0.25) is 5.91 Å². The highest BCUT2D eigenvalue weighted by atomic mass is 32.1. The van der Waals surface area contributed by atoms with E-state index in [4.69, 9.17) is 0 Å². The standard InChI is InChI=1S/C13H16N2O3S/c16-11(15-13-14-5-6-19-13)9-7-1-3-8(4-2-7)10(9)12(17)18/h5-10H,1-4H2,(H,17,18)(H,14,15,16)/t7?,8?,9-,10-/m0/s1. The number of anilines is 1. The van der Waals surface area contributed by atoms with Crippen molar-refractivity contribution in [2.75, 3.05) is 5.32 Å². The molecule has 5 nitrogen and oxygen atoms in total. The Bertz CT molecular complexity index is 480. The highest BCUT2D eigenvalue weighted by Crippen LogP contribution is 2.49. The number of thiazole rings is 1. The lowest BCUT2D eigenvalue weighted by atomic mass is 9.58. The number of nitrogens with zero attached hydrogens (tertiary/aromatic N) is 1. The minimum Gasteiger partial charge on any atom is -0.481 e. The summed E-state index contributed by atoms with van der Waals surface area (Å²) in [7, 11) is 0. The summed E-state index contributed by atoms with van der Waals surface area (Å²) in [4.78, 5) is 27.9. The number of aliphatic carboxylic acids is 1. The van der Waals surface area contributed by atoms with Crippen LogP contribution in [0.25, 0.3) is 0 Å². The third-order valence-corrected chi connectivity index (χ3v) is 5.16. The van der Waals surface area contributed by atoms with Crippen molar-refractivity contribution < 1.29 is 14.7 Å². The van der Waals surface area contributed by atoms with E-state index in [1.54, 1.807) is 11.6 Å². The Labute approximate surface area is 115 Å². The Morgan fingerprint density at radius 2 is 1.84 bits per heavy atom. The highest BCUT2D eigenvalue weighted by molar-refractivity contribution is 7.13. The van der Waals surface area contributed by atoms with Crippen LogP contribution >= 0.6 is 11.3 Å². The van der Waals surface area contributed by atoms with Gasteiger partial charge < -0.3 is 10.4 Å². The quantitative estimate of drug-likeness (QED) is 0.889. The van der Waals surface area contributed by atoms with Crippen molar-refractivity contribution in [2.24, 2.45) is 23.7 Å². The number of hydrogen-bond acceptors (Lipinski definition) is 4. The number of fused-ring (bicyclic) bond motifs is 3. The van der Waals surface area contributed by atoms with Gasteiger partial charge >= 0.3 is 5.97 Å². The van der Waals surface area contributed by atoms with E-state index in [1.165, 1.54) is 11.3 Å². The molecule has 102 valence electrons. The predicted molar refractivity (Wildman–Crippen MR) is 70.8 cm³/mol. The van der Waals surface area contributed by atoms with Gasteiger partial charge in [-0.15, -0.1) is 11.3 Å². The van der Waals surface area contributed by atoms with Gasteiger partial charge in [0.25, 0.3) is 0 Å². The molecule has 3 saturated carbocycles. The first-order valence-corrected chi connectivity index (χ1v) is 7.48. The van der Waals surface area contributed by atoms with Crippen molar-refractivity contribution in [2.45, 2.75) is 25.7 Å². The zero-order valence-electron chi connectivity index (χ0n) is 10.4. The topological polar surface area (TPSA) is 79.3 Å². The molecule has 0 spiro atoms. The molecule has 6 heteroatoms. The Morgan fingerprint density at radius 1 is 1.21 bits per heavy atom. The van der Waals surface area contributed by atoms with Crippen LogP contribution in [0.15, 0.2) is 11.6 Å². The molecule has 0 aliphatic heterocycles. The second-order valence-corrected chi connectivity index (χ2v) is 6.29. The first-order valence-electron chi connectivity index (χ1n) is 6.60. The van der Waals surface area contributed by atoms with Crippen LogP contribution in [-0.4, -0.2) is 22.0 Å². The Kier molecular flexibility index (Phi) is 3.26. The molecule has 4 rings (SSSR count). The molecule has 3 fully saturated rings. The van der Waals surface area contributed by atoms with Crippen molar-refractivity contribution in [1.82, 2.24) is 4.98 Å². The molecule has 0 aromatic carbocycles. The van der Waals surface area contributed by atoms with Crippen molar-refractivity contribution >= 4 is 28.3 Å². The van der Waals surface area contributed by atoms with Crippen molar-refractivity contribution in [3.05, 3.63) is 11.6 Å². The molecule has 0 unspecified atom stereocenters. The van der Waals surface area contributed by atoms with Gasteiger partial charge in [0.05, 0.1) is 11.8 Å². The molecule has 1 aromatic heterocycles. The van der Waals surface area contributed by atoms with Crippen molar-refractivity contribution in [3.8, 4) is 0 Å². The summed E-state index contributed by atoms with van der Waals surface area (Å²) in [5.41, 5.74) is 0. The first-order chi connectivity index (χ1) is 9.16. The molecule has 0 saturated heterocycles. The van der Waals surface area contributed by atoms with E-state index in [0.717, 1.165) is 25.7 Å². The van der Waals surface area contributed by atoms with Gasteiger partial charge in [-0.2, -0.15) is 0 Å². The summed E-state index contributed by atoms with van der Waals surface area (Å²) >= 11 is 1.35.